The van der Waals surface area contributed by atoms with E-state index in [1.807, 2.05) is 18.2 Å². The van der Waals surface area contributed by atoms with Crippen molar-refractivity contribution >= 4 is 16.8 Å². The number of rotatable bonds is 0. The SMILES string of the molecule is C1=Cc2cc3ccccc3cc2CC1.c1ccncc1. The number of fused-ring (bicyclic) bond motifs is 2. The molecule has 0 saturated carbocycles. The van der Waals surface area contributed by atoms with Gasteiger partial charge in [-0.15, -0.1) is 0 Å². The van der Waals surface area contributed by atoms with Crippen molar-refractivity contribution < 1.29 is 0 Å². The van der Waals surface area contributed by atoms with E-state index in [0.29, 0.717) is 0 Å². The smallest absolute Gasteiger partial charge is 0.0267 e. The van der Waals surface area contributed by atoms with Crippen molar-refractivity contribution in [2.45, 2.75) is 12.8 Å². The largest absolute Gasteiger partial charge is 0.265 e. The third kappa shape index (κ3) is 2.94. The number of hydrogen-bond acceptors (Lipinski definition) is 1. The Bertz CT molecular complexity index is 687. The van der Waals surface area contributed by atoms with Crippen LogP contribution in [0.2, 0.25) is 0 Å². The van der Waals surface area contributed by atoms with Crippen LogP contribution in [-0.4, -0.2) is 4.98 Å². The van der Waals surface area contributed by atoms with E-state index in [2.05, 4.69) is 53.5 Å². The van der Waals surface area contributed by atoms with Crippen molar-refractivity contribution in [3.05, 3.63) is 84.2 Å². The molecule has 1 aliphatic carbocycles. The van der Waals surface area contributed by atoms with Crippen molar-refractivity contribution in [2.24, 2.45) is 0 Å². The van der Waals surface area contributed by atoms with Gasteiger partial charge in [-0.25, -0.2) is 0 Å². The molecular weight excluding hydrogens is 242 g/mol. The Morgan fingerprint density at radius 3 is 2.20 bits per heavy atom. The molecule has 1 heterocycles. The molecule has 0 saturated heterocycles. The molecule has 0 unspecified atom stereocenters. The van der Waals surface area contributed by atoms with Gasteiger partial charge in [0, 0.05) is 12.4 Å². The van der Waals surface area contributed by atoms with Crippen molar-refractivity contribution in [2.75, 3.05) is 0 Å². The lowest BCUT2D eigenvalue weighted by molar-refractivity contribution is 0.989. The van der Waals surface area contributed by atoms with Crippen LogP contribution >= 0.6 is 0 Å². The van der Waals surface area contributed by atoms with Gasteiger partial charge in [0.25, 0.3) is 0 Å². The van der Waals surface area contributed by atoms with E-state index in [4.69, 9.17) is 0 Å². The second kappa shape index (κ2) is 6.16. The molecule has 4 rings (SSSR count). The zero-order valence-corrected chi connectivity index (χ0v) is 11.4. The second-order valence-corrected chi connectivity index (χ2v) is 4.86. The fourth-order valence-corrected chi connectivity index (χ4v) is 2.44. The third-order valence-corrected chi connectivity index (χ3v) is 3.45. The topological polar surface area (TPSA) is 12.9 Å². The summed E-state index contributed by atoms with van der Waals surface area (Å²) in [4.78, 5) is 3.78. The van der Waals surface area contributed by atoms with E-state index in [1.54, 1.807) is 12.4 Å². The highest BCUT2D eigenvalue weighted by Gasteiger charge is 2.05. The summed E-state index contributed by atoms with van der Waals surface area (Å²) in [6.45, 7) is 0. The maximum Gasteiger partial charge on any atom is 0.0267 e. The van der Waals surface area contributed by atoms with Gasteiger partial charge in [0.2, 0.25) is 0 Å². The summed E-state index contributed by atoms with van der Waals surface area (Å²) < 4.78 is 0. The van der Waals surface area contributed by atoms with Crippen LogP contribution in [0.15, 0.2) is 73.1 Å². The van der Waals surface area contributed by atoms with Gasteiger partial charge in [-0.2, -0.15) is 0 Å². The summed E-state index contributed by atoms with van der Waals surface area (Å²) in [7, 11) is 0. The third-order valence-electron chi connectivity index (χ3n) is 3.45. The van der Waals surface area contributed by atoms with Gasteiger partial charge in [-0.05, 0) is 52.9 Å². The first-order valence-electron chi connectivity index (χ1n) is 6.97. The number of allylic oxidation sites excluding steroid dienone is 1. The Morgan fingerprint density at radius 1 is 0.800 bits per heavy atom. The molecule has 0 aliphatic heterocycles. The number of aromatic nitrogens is 1. The minimum absolute atomic E-state index is 1.19. The van der Waals surface area contributed by atoms with E-state index in [9.17, 15) is 0 Å². The summed E-state index contributed by atoms with van der Waals surface area (Å²) in [6.07, 6.45) is 10.4. The van der Waals surface area contributed by atoms with Gasteiger partial charge < -0.3 is 0 Å². The van der Waals surface area contributed by atoms with E-state index in [0.717, 1.165) is 0 Å². The first-order valence-corrected chi connectivity index (χ1v) is 6.97. The van der Waals surface area contributed by atoms with Crippen LogP contribution in [0.4, 0.5) is 0 Å². The predicted molar refractivity (Wildman–Crippen MR) is 85.5 cm³/mol. The number of aryl methyl sites for hydroxylation is 1. The monoisotopic (exact) mass is 259 g/mol. The highest BCUT2D eigenvalue weighted by Crippen LogP contribution is 2.25. The average molecular weight is 259 g/mol. The predicted octanol–water partition coefficient (Wildman–Crippen LogP) is 4.88. The van der Waals surface area contributed by atoms with Crippen LogP contribution in [0.3, 0.4) is 0 Å². The molecule has 1 aliphatic rings. The quantitative estimate of drug-likeness (QED) is 0.560. The lowest BCUT2D eigenvalue weighted by atomic mass is 9.94. The van der Waals surface area contributed by atoms with E-state index < -0.39 is 0 Å². The first-order chi connectivity index (χ1) is 9.93. The van der Waals surface area contributed by atoms with Crippen molar-refractivity contribution in [3.8, 4) is 0 Å². The van der Waals surface area contributed by atoms with Gasteiger partial charge in [-0.3, -0.25) is 4.98 Å². The summed E-state index contributed by atoms with van der Waals surface area (Å²) in [5, 5.41) is 2.71. The molecule has 98 valence electrons. The Kier molecular flexibility index (Phi) is 3.88. The zero-order chi connectivity index (χ0) is 13.6. The fourth-order valence-electron chi connectivity index (χ4n) is 2.44. The van der Waals surface area contributed by atoms with Gasteiger partial charge in [-0.1, -0.05) is 48.6 Å². The van der Waals surface area contributed by atoms with Crippen LogP contribution in [0.1, 0.15) is 17.5 Å². The fraction of sp³-hybridized carbons (Fsp3) is 0.105. The number of hydrogen-bond donors (Lipinski definition) is 0. The van der Waals surface area contributed by atoms with Crippen LogP contribution in [0.5, 0.6) is 0 Å². The molecule has 1 nitrogen and oxygen atoms in total. The highest BCUT2D eigenvalue weighted by molar-refractivity contribution is 5.86. The van der Waals surface area contributed by atoms with E-state index in [1.165, 1.54) is 34.7 Å². The summed E-state index contributed by atoms with van der Waals surface area (Å²) in [5.74, 6) is 0. The molecule has 0 bridgehead atoms. The summed E-state index contributed by atoms with van der Waals surface area (Å²) in [5.41, 5.74) is 2.89. The van der Waals surface area contributed by atoms with Crippen molar-refractivity contribution in [1.82, 2.24) is 4.98 Å². The molecule has 0 N–H and O–H groups in total. The van der Waals surface area contributed by atoms with Crippen molar-refractivity contribution in [3.63, 3.8) is 0 Å². The number of nitrogens with zero attached hydrogens (tertiary/aromatic N) is 1. The molecule has 0 atom stereocenters. The minimum atomic E-state index is 1.19. The maximum atomic E-state index is 3.78. The Morgan fingerprint density at radius 2 is 1.55 bits per heavy atom. The Hall–Kier alpha value is -2.41. The molecule has 0 spiro atoms. The van der Waals surface area contributed by atoms with E-state index >= 15 is 0 Å². The zero-order valence-electron chi connectivity index (χ0n) is 11.4. The Labute approximate surface area is 119 Å². The number of benzene rings is 2. The van der Waals surface area contributed by atoms with Gasteiger partial charge in [0.05, 0.1) is 0 Å². The standard InChI is InChI=1S/C14H12.C5H5N/c1-2-6-12-10-14-8-4-3-7-13(14)9-11(12)5-1;1-2-4-6-5-3-1/h1-3,5-7,9-10H,4,8H2;1-5H. The highest BCUT2D eigenvalue weighted by atomic mass is 14.6. The molecule has 0 amide bonds. The molecular formula is C19H17N. The molecule has 1 aromatic heterocycles. The lowest BCUT2D eigenvalue weighted by Crippen LogP contribution is -1.93. The van der Waals surface area contributed by atoms with Gasteiger partial charge in [0.15, 0.2) is 0 Å². The second-order valence-electron chi connectivity index (χ2n) is 4.86. The molecule has 0 radical (unpaired) electrons. The van der Waals surface area contributed by atoms with E-state index in [-0.39, 0.29) is 0 Å². The summed E-state index contributed by atoms with van der Waals surface area (Å²) >= 11 is 0. The van der Waals surface area contributed by atoms with Crippen LogP contribution in [0, 0.1) is 0 Å². The van der Waals surface area contributed by atoms with Crippen LogP contribution < -0.4 is 0 Å². The summed E-state index contributed by atoms with van der Waals surface area (Å²) in [6, 6.07) is 18.9. The first kappa shape index (κ1) is 12.6. The minimum Gasteiger partial charge on any atom is -0.265 e. The average Bonchev–Trinajstić information content (AvgIpc) is 2.55. The van der Waals surface area contributed by atoms with Crippen LogP contribution in [-0.2, 0) is 6.42 Å². The van der Waals surface area contributed by atoms with Crippen molar-refractivity contribution in [1.29, 1.82) is 0 Å². The molecule has 20 heavy (non-hydrogen) atoms. The molecule has 3 aromatic rings. The molecule has 2 aromatic carbocycles. The van der Waals surface area contributed by atoms with Crippen LogP contribution in [0.25, 0.3) is 16.8 Å². The normalized spacial score (nSPS) is 12.4. The number of pyridine rings is 1. The van der Waals surface area contributed by atoms with Gasteiger partial charge >= 0.3 is 0 Å². The molecule has 1 heteroatoms. The molecule has 0 fully saturated rings. The Balaban J connectivity index is 0.000000170. The van der Waals surface area contributed by atoms with Gasteiger partial charge in [0.1, 0.15) is 0 Å². The maximum absolute atomic E-state index is 3.78. The lowest BCUT2D eigenvalue weighted by Gasteiger charge is -2.11.